The van der Waals surface area contributed by atoms with Gasteiger partial charge in [-0.05, 0) is 17.7 Å². The molecule has 26 heavy (non-hydrogen) atoms. The SMILES string of the molecule is C#CCn1c(=NC(=O)/C=C/c2ccccc2)sc2ccc([N+](=O)[O-])cc21. The third kappa shape index (κ3) is 3.77. The van der Waals surface area contributed by atoms with E-state index in [4.69, 9.17) is 6.42 Å². The molecule has 0 aliphatic rings. The normalized spacial score (nSPS) is 11.7. The van der Waals surface area contributed by atoms with Gasteiger partial charge in [0.2, 0.25) is 0 Å². The number of terminal acetylenes is 1. The highest BCUT2D eigenvalue weighted by atomic mass is 32.1. The van der Waals surface area contributed by atoms with Gasteiger partial charge in [0.25, 0.3) is 11.6 Å². The minimum atomic E-state index is -0.470. The first-order valence-corrected chi connectivity index (χ1v) is 8.43. The molecule has 0 fully saturated rings. The molecule has 0 unspecified atom stereocenters. The molecule has 2 aromatic carbocycles. The molecule has 3 rings (SSSR count). The number of rotatable bonds is 4. The van der Waals surface area contributed by atoms with Crippen molar-refractivity contribution in [2.75, 3.05) is 0 Å². The Labute approximate surface area is 152 Å². The zero-order valence-electron chi connectivity index (χ0n) is 13.5. The first kappa shape index (κ1) is 17.3. The van der Waals surface area contributed by atoms with E-state index in [0.29, 0.717) is 10.3 Å². The van der Waals surface area contributed by atoms with Gasteiger partial charge in [-0.2, -0.15) is 4.99 Å². The van der Waals surface area contributed by atoms with Crippen molar-refractivity contribution in [3.05, 3.63) is 75.1 Å². The fourth-order valence-electron chi connectivity index (χ4n) is 2.36. The van der Waals surface area contributed by atoms with Crippen LogP contribution in [0.2, 0.25) is 0 Å². The number of thiazole rings is 1. The Balaban J connectivity index is 2.03. The second kappa shape index (κ2) is 7.59. The summed E-state index contributed by atoms with van der Waals surface area (Å²) >= 11 is 1.26. The van der Waals surface area contributed by atoms with E-state index < -0.39 is 10.8 Å². The van der Waals surface area contributed by atoms with Gasteiger partial charge in [-0.1, -0.05) is 47.6 Å². The molecule has 0 aliphatic heterocycles. The molecular weight excluding hydrogens is 350 g/mol. The topological polar surface area (TPSA) is 77.5 Å². The van der Waals surface area contributed by atoms with E-state index >= 15 is 0 Å². The second-order valence-electron chi connectivity index (χ2n) is 5.28. The summed E-state index contributed by atoms with van der Waals surface area (Å²) < 4.78 is 2.39. The molecule has 3 aromatic rings. The van der Waals surface area contributed by atoms with Crippen LogP contribution in [0.25, 0.3) is 16.3 Å². The van der Waals surface area contributed by atoms with Crippen LogP contribution in [-0.4, -0.2) is 15.4 Å². The molecular formula is C19H13N3O3S. The van der Waals surface area contributed by atoms with Crippen LogP contribution < -0.4 is 4.80 Å². The summed E-state index contributed by atoms with van der Waals surface area (Å²) in [5.74, 6) is 2.06. The van der Waals surface area contributed by atoms with Crippen molar-refractivity contribution in [1.29, 1.82) is 0 Å². The number of aromatic nitrogens is 1. The first-order valence-electron chi connectivity index (χ1n) is 7.61. The number of fused-ring (bicyclic) bond motifs is 1. The predicted octanol–water partition coefficient (Wildman–Crippen LogP) is 3.38. The number of carbonyl (C=O) groups excluding carboxylic acids is 1. The molecule has 1 aromatic heterocycles. The van der Waals surface area contributed by atoms with Gasteiger partial charge >= 0.3 is 0 Å². The molecule has 0 N–H and O–H groups in total. The summed E-state index contributed by atoms with van der Waals surface area (Å²) in [6, 6.07) is 13.9. The van der Waals surface area contributed by atoms with Crippen LogP contribution in [0.15, 0.2) is 59.6 Å². The molecule has 1 amide bonds. The molecule has 0 radical (unpaired) electrons. The lowest BCUT2D eigenvalue weighted by Gasteiger charge is -1.99. The predicted molar refractivity (Wildman–Crippen MR) is 101 cm³/mol. The number of hydrogen-bond acceptors (Lipinski definition) is 4. The van der Waals surface area contributed by atoms with Crippen LogP contribution in [-0.2, 0) is 11.3 Å². The summed E-state index contributed by atoms with van der Waals surface area (Å²) in [4.78, 5) is 27.2. The molecule has 0 bridgehead atoms. The number of non-ortho nitro benzene ring substituents is 1. The third-order valence-electron chi connectivity index (χ3n) is 3.55. The summed E-state index contributed by atoms with van der Waals surface area (Å²) in [5, 5.41) is 11.0. The minimum absolute atomic E-state index is 0.0390. The van der Waals surface area contributed by atoms with E-state index in [2.05, 4.69) is 10.9 Å². The average molecular weight is 363 g/mol. The lowest BCUT2D eigenvalue weighted by molar-refractivity contribution is -0.384. The Morgan fingerprint density at radius 3 is 2.77 bits per heavy atom. The van der Waals surface area contributed by atoms with E-state index in [1.807, 2.05) is 30.3 Å². The Bertz CT molecular complexity index is 1120. The number of nitro benzene ring substituents is 1. The monoisotopic (exact) mass is 363 g/mol. The molecule has 6 nitrogen and oxygen atoms in total. The van der Waals surface area contributed by atoms with Crippen molar-refractivity contribution < 1.29 is 9.72 Å². The Morgan fingerprint density at radius 1 is 1.31 bits per heavy atom. The van der Waals surface area contributed by atoms with Crippen LogP contribution in [0.1, 0.15) is 5.56 Å². The van der Waals surface area contributed by atoms with E-state index in [-0.39, 0.29) is 12.2 Å². The number of nitrogens with zero attached hydrogens (tertiary/aromatic N) is 3. The molecule has 0 saturated heterocycles. The molecule has 0 atom stereocenters. The average Bonchev–Trinajstić information content (AvgIpc) is 2.97. The molecule has 0 saturated carbocycles. The van der Waals surface area contributed by atoms with Crippen LogP contribution in [0.4, 0.5) is 5.69 Å². The fourth-order valence-corrected chi connectivity index (χ4v) is 3.38. The lowest BCUT2D eigenvalue weighted by Crippen LogP contribution is -2.15. The van der Waals surface area contributed by atoms with Crippen molar-refractivity contribution in [1.82, 2.24) is 4.57 Å². The number of benzene rings is 2. The standard InChI is InChI=1S/C19H13N3O3S/c1-2-12-21-16-13-15(22(24)25)9-10-17(16)26-19(21)20-18(23)11-8-14-6-4-3-5-7-14/h1,3-11,13H,12H2/b11-8+,20-19?. The van der Waals surface area contributed by atoms with Crippen molar-refractivity contribution >= 4 is 39.2 Å². The minimum Gasteiger partial charge on any atom is -0.304 e. The van der Waals surface area contributed by atoms with Gasteiger partial charge in [0, 0.05) is 18.2 Å². The summed E-state index contributed by atoms with van der Waals surface area (Å²) in [7, 11) is 0. The van der Waals surface area contributed by atoms with Gasteiger partial charge in [0.15, 0.2) is 4.80 Å². The molecule has 128 valence electrons. The summed E-state index contributed by atoms with van der Waals surface area (Å²) in [6.45, 7) is 0.162. The number of carbonyl (C=O) groups is 1. The van der Waals surface area contributed by atoms with Gasteiger partial charge in [0.1, 0.15) is 0 Å². The van der Waals surface area contributed by atoms with Crippen molar-refractivity contribution in [3.8, 4) is 12.3 Å². The van der Waals surface area contributed by atoms with E-state index in [9.17, 15) is 14.9 Å². The highest BCUT2D eigenvalue weighted by Gasteiger charge is 2.12. The quantitative estimate of drug-likeness (QED) is 0.308. The zero-order chi connectivity index (χ0) is 18.5. The van der Waals surface area contributed by atoms with Crippen LogP contribution >= 0.6 is 11.3 Å². The highest BCUT2D eigenvalue weighted by Crippen LogP contribution is 2.23. The number of hydrogen-bond donors (Lipinski definition) is 0. The van der Waals surface area contributed by atoms with E-state index in [1.165, 1.54) is 29.5 Å². The highest BCUT2D eigenvalue weighted by molar-refractivity contribution is 7.16. The smallest absolute Gasteiger partial charge is 0.272 e. The molecule has 0 aliphatic carbocycles. The largest absolute Gasteiger partial charge is 0.304 e. The van der Waals surface area contributed by atoms with Gasteiger partial charge < -0.3 is 4.57 Å². The first-order chi connectivity index (χ1) is 12.6. The molecule has 0 spiro atoms. The van der Waals surface area contributed by atoms with E-state index in [1.54, 1.807) is 16.7 Å². The Morgan fingerprint density at radius 2 is 2.08 bits per heavy atom. The maximum atomic E-state index is 12.2. The summed E-state index contributed by atoms with van der Waals surface area (Å²) in [5.41, 5.74) is 1.43. The van der Waals surface area contributed by atoms with Crippen LogP contribution in [0, 0.1) is 22.5 Å². The van der Waals surface area contributed by atoms with Gasteiger partial charge in [-0.25, -0.2) is 0 Å². The lowest BCUT2D eigenvalue weighted by atomic mass is 10.2. The summed E-state index contributed by atoms with van der Waals surface area (Å²) in [6.07, 6.45) is 8.46. The fraction of sp³-hybridized carbons (Fsp3) is 0.0526. The molecule has 1 heterocycles. The van der Waals surface area contributed by atoms with Gasteiger partial charge in [-0.15, -0.1) is 6.42 Å². The van der Waals surface area contributed by atoms with E-state index in [0.717, 1.165) is 10.3 Å². The van der Waals surface area contributed by atoms with Crippen molar-refractivity contribution in [2.24, 2.45) is 4.99 Å². The van der Waals surface area contributed by atoms with Crippen LogP contribution in [0.5, 0.6) is 0 Å². The Hall–Kier alpha value is -3.50. The zero-order valence-corrected chi connectivity index (χ0v) is 14.3. The van der Waals surface area contributed by atoms with Crippen LogP contribution in [0.3, 0.4) is 0 Å². The third-order valence-corrected chi connectivity index (χ3v) is 4.61. The number of amides is 1. The molecule has 7 heteroatoms. The van der Waals surface area contributed by atoms with Gasteiger partial charge in [0.05, 0.1) is 21.7 Å². The van der Waals surface area contributed by atoms with Crippen molar-refractivity contribution in [2.45, 2.75) is 6.54 Å². The maximum Gasteiger partial charge on any atom is 0.272 e. The maximum absolute atomic E-state index is 12.2. The Kier molecular flexibility index (Phi) is 5.06. The van der Waals surface area contributed by atoms with Gasteiger partial charge in [-0.3, -0.25) is 14.9 Å². The van der Waals surface area contributed by atoms with Crippen molar-refractivity contribution in [3.63, 3.8) is 0 Å². The number of nitro groups is 1. The second-order valence-corrected chi connectivity index (χ2v) is 6.29.